The molecule has 0 radical (unpaired) electrons. The Kier molecular flexibility index (Phi) is 4.50. The zero-order chi connectivity index (χ0) is 8.85. The molecule has 0 amide bonds. The second-order valence-electron chi connectivity index (χ2n) is 2.66. The van der Waals surface area contributed by atoms with E-state index in [0.29, 0.717) is 12.8 Å². The molecule has 0 N–H and O–H groups in total. The average Bonchev–Trinajstić information content (AvgIpc) is 1.82. The highest BCUT2D eigenvalue weighted by Crippen LogP contribution is 2.01. The monoisotopic (exact) mass is 158 g/mol. The molecule has 0 saturated carbocycles. The molecule has 3 heteroatoms. The summed E-state index contributed by atoms with van der Waals surface area (Å²) >= 11 is 0. The first-order valence-corrected chi connectivity index (χ1v) is 3.69. The maximum absolute atomic E-state index is 10.5. The number of ketones is 1. The van der Waals surface area contributed by atoms with Crippen LogP contribution >= 0.6 is 0 Å². The topological polar surface area (TPSA) is 43.4 Å². The number of hydrogen-bond donors (Lipinski definition) is 0. The number of esters is 1. The summed E-state index contributed by atoms with van der Waals surface area (Å²) in [6.45, 7) is 4.68. The van der Waals surface area contributed by atoms with Crippen molar-refractivity contribution < 1.29 is 14.3 Å². The van der Waals surface area contributed by atoms with Crippen molar-refractivity contribution in [3.05, 3.63) is 0 Å². The second kappa shape index (κ2) is 4.88. The van der Waals surface area contributed by atoms with Crippen molar-refractivity contribution in [1.82, 2.24) is 0 Å². The summed E-state index contributed by atoms with van der Waals surface area (Å²) in [5, 5.41) is 0. The third-order valence-electron chi connectivity index (χ3n) is 1.27. The van der Waals surface area contributed by atoms with Gasteiger partial charge in [-0.15, -0.1) is 0 Å². The molecule has 0 unspecified atom stereocenters. The molecule has 0 bridgehead atoms. The van der Waals surface area contributed by atoms with Gasteiger partial charge in [-0.05, 0) is 20.3 Å². The summed E-state index contributed by atoms with van der Waals surface area (Å²) in [5.41, 5.74) is 0. The Labute approximate surface area is 66.7 Å². The SMILES string of the molecule is CC(=O)CC[C@@H](C)OC(C)=O. The molecule has 0 aromatic carbocycles. The van der Waals surface area contributed by atoms with Gasteiger partial charge in [0, 0.05) is 13.3 Å². The number of rotatable bonds is 4. The minimum absolute atomic E-state index is 0.129. The van der Waals surface area contributed by atoms with Crippen molar-refractivity contribution in [2.24, 2.45) is 0 Å². The van der Waals surface area contributed by atoms with Crippen molar-refractivity contribution in [2.45, 2.75) is 39.7 Å². The van der Waals surface area contributed by atoms with E-state index in [4.69, 9.17) is 4.74 Å². The number of Topliss-reactive ketones (excluding diaryl/α,β-unsaturated/α-hetero) is 1. The first-order chi connectivity index (χ1) is 5.02. The third-order valence-corrected chi connectivity index (χ3v) is 1.27. The van der Waals surface area contributed by atoms with Gasteiger partial charge in [-0.2, -0.15) is 0 Å². The lowest BCUT2D eigenvalue weighted by Crippen LogP contribution is -2.13. The molecular weight excluding hydrogens is 144 g/mol. The molecular formula is C8H14O3. The summed E-state index contributed by atoms with van der Waals surface area (Å²) < 4.78 is 4.81. The molecule has 0 rings (SSSR count). The Morgan fingerprint density at radius 3 is 2.27 bits per heavy atom. The van der Waals surface area contributed by atoms with Gasteiger partial charge in [-0.25, -0.2) is 0 Å². The van der Waals surface area contributed by atoms with Crippen LogP contribution in [-0.4, -0.2) is 17.9 Å². The maximum atomic E-state index is 10.5. The average molecular weight is 158 g/mol. The molecule has 0 aliphatic rings. The molecule has 11 heavy (non-hydrogen) atoms. The van der Waals surface area contributed by atoms with Crippen LogP contribution in [0.25, 0.3) is 0 Å². The molecule has 1 atom stereocenters. The lowest BCUT2D eigenvalue weighted by molar-refractivity contribution is -0.146. The van der Waals surface area contributed by atoms with E-state index in [-0.39, 0.29) is 17.9 Å². The van der Waals surface area contributed by atoms with Crippen LogP contribution in [-0.2, 0) is 14.3 Å². The maximum Gasteiger partial charge on any atom is 0.302 e. The molecule has 0 aromatic heterocycles. The number of carbonyl (C=O) groups is 2. The van der Waals surface area contributed by atoms with Gasteiger partial charge in [0.05, 0.1) is 6.10 Å². The van der Waals surface area contributed by atoms with Crippen LogP contribution in [0.4, 0.5) is 0 Å². The van der Waals surface area contributed by atoms with E-state index in [1.54, 1.807) is 6.92 Å². The molecule has 0 saturated heterocycles. The van der Waals surface area contributed by atoms with E-state index in [2.05, 4.69) is 0 Å². The van der Waals surface area contributed by atoms with Crippen LogP contribution in [0.5, 0.6) is 0 Å². The van der Waals surface area contributed by atoms with E-state index in [9.17, 15) is 9.59 Å². The number of hydrogen-bond acceptors (Lipinski definition) is 3. The summed E-state index contributed by atoms with van der Waals surface area (Å²) in [6, 6.07) is 0. The van der Waals surface area contributed by atoms with Crippen LogP contribution < -0.4 is 0 Å². The van der Waals surface area contributed by atoms with E-state index in [0.717, 1.165) is 0 Å². The Morgan fingerprint density at radius 2 is 1.91 bits per heavy atom. The fraction of sp³-hybridized carbons (Fsp3) is 0.750. The van der Waals surface area contributed by atoms with Crippen LogP contribution in [0.3, 0.4) is 0 Å². The van der Waals surface area contributed by atoms with Gasteiger partial charge in [0.15, 0.2) is 0 Å². The first kappa shape index (κ1) is 10.1. The van der Waals surface area contributed by atoms with Crippen LogP contribution in [0.2, 0.25) is 0 Å². The van der Waals surface area contributed by atoms with Crippen LogP contribution in [0.15, 0.2) is 0 Å². The summed E-state index contributed by atoms with van der Waals surface area (Å²) in [5.74, 6) is -0.162. The van der Waals surface area contributed by atoms with Gasteiger partial charge in [0.25, 0.3) is 0 Å². The molecule has 64 valence electrons. The van der Waals surface area contributed by atoms with Crippen molar-refractivity contribution >= 4 is 11.8 Å². The standard InChI is InChI=1S/C8H14O3/c1-6(9)4-5-7(2)11-8(3)10/h7H,4-5H2,1-3H3/t7-/m1/s1. The number of carbonyl (C=O) groups excluding carboxylic acids is 2. The molecule has 3 nitrogen and oxygen atoms in total. The van der Waals surface area contributed by atoms with Gasteiger partial charge >= 0.3 is 5.97 Å². The zero-order valence-corrected chi connectivity index (χ0v) is 7.22. The van der Waals surface area contributed by atoms with Crippen molar-refractivity contribution in [3.8, 4) is 0 Å². The molecule has 0 aliphatic carbocycles. The number of ether oxygens (including phenoxy) is 1. The van der Waals surface area contributed by atoms with Gasteiger partial charge in [-0.3, -0.25) is 4.79 Å². The highest BCUT2D eigenvalue weighted by molar-refractivity contribution is 5.75. The molecule has 0 fully saturated rings. The van der Waals surface area contributed by atoms with E-state index in [1.807, 2.05) is 0 Å². The van der Waals surface area contributed by atoms with Gasteiger partial charge in [0.2, 0.25) is 0 Å². The Balaban J connectivity index is 3.44. The largest absolute Gasteiger partial charge is 0.463 e. The molecule has 0 heterocycles. The summed E-state index contributed by atoms with van der Waals surface area (Å²) in [6.07, 6.45) is 0.958. The van der Waals surface area contributed by atoms with Gasteiger partial charge in [-0.1, -0.05) is 0 Å². The third kappa shape index (κ3) is 7.03. The fourth-order valence-corrected chi connectivity index (χ4v) is 0.749. The first-order valence-electron chi connectivity index (χ1n) is 3.69. The second-order valence-corrected chi connectivity index (χ2v) is 2.66. The predicted molar refractivity (Wildman–Crippen MR) is 41.1 cm³/mol. The zero-order valence-electron chi connectivity index (χ0n) is 7.22. The Morgan fingerprint density at radius 1 is 1.36 bits per heavy atom. The Hall–Kier alpha value is -0.860. The van der Waals surface area contributed by atoms with Crippen LogP contribution in [0.1, 0.15) is 33.6 Å². The quantitative estimate of drug-likeness (QED) is 0.579. The van der Waals surface area contributed by atoms with Crippen molar-refractivity contribution in [1.29, 1.82) is 0 Å². The van der Waals surface area contributed by atoms with Crippen molar-refractivity contribution in [3.63, 3.8) is 0 Å². The fourth-order valence-electron chi connectivity index (χ4n) is 0.749. The van der Waals surface area contributed by atoms with E-state index >= 15 is 0 Å². The van der Waals surface area contributed by atoms with Crippen molar-refractivity contribution in [2.75, 3.05) is 0 Å². The van der Waals surface area contributed by atoms with Crippen LogP contribution in [0, 0.1) is 0 Å². The molecule has 0 spiro atoms. The lowest BCUT2D eigenvalue weighted by atomic mass is 10.2. The Bertz CT molecular complexity index is 151. The van der Waals surface area contributed by atoms with Gasteiger partial charge in [0.1, 0.15) is 5.78 Å². The summed E-state index contributed by atoms with van der Waals surface area (Å²) in [7, 11) is 0. The highest BCUT2D eigenvalue weighted by atomic mass is 16.5. The lowest BCUT2D eigenvalue weighted by Gasteiger charge is -2.09. The molecule has 0 aliphatic heterocycles. The smallest absolute Gasteiger partial charge is 0.302 e. The minimum atomic E-state index is -0.291. The summed E-state index contributed by atoms with van der Waals surface area (Å²) in [4.78, 5) is 20.9. The minimum Gasteiger partial charge on any atom is -0.463 e. The van der Waals surface area contributed by atoms with E-state index < -0.39 is 0 Å². The molecule has 0 aromatic rings. The predicted octanol–water partition coefficient (Wildman–Crippen LogP) is 1.31. The van der Waals surface area contributed by atoms with E-state index in [1.165, 1.54) is 13.8 Å². The normalized spacial score (nSPS) is 12.3. The highest BCUT2D eigenvalue weighted by Gasteiger charge is 2.05. The van der Waals surface area contributed by atoms with Gasteiger partial charge < -0.3 is 9.53 Å².